The summed E-state index contributed by atoms with van der Waals surface area (Å²) < 4.78 is 97.0. The Morgan fingerprint density at radius 2 is 1.82 bits per heavy atom. The molecule has 40 heavy (non-hydrogen) atoms. The summed E-state index contributed by atoms with van der Waals surface area (Å²) in [4.78, 5) is 15.4. The number of anilines is 1. The fraction of sp³-hybridized carbons (Fsp3) is 0.385. The number of benzene rings is 1. The normalized spacial score (nSPS) is 20.1. The molecule has 1 aliphatic rings. The maximum atomic E-state index is 14.7. The predicted molar refractivity (Wildman–Crippen MR) is 129 cm³/mol. The third-order valence-corrected chi connectivity index (χ3v) is 6.42. The fourth-order valence-electron chi connectivity index (χ4n) is 4.36. The van der Waals surface area contributed by atoms with Gasteiger partial charge in [0.1, 0.15) is 0 Å². The van der Waals surface area contributed by atoms with Crippen LogP contribution < -0.4 is 5.32 Å². The van der Waals surface area contributed by atoms with Crippen molar-refractivity contribution in [1.82, 2.24) is 15.2 Å². The highest BCUT2D eigenvalue weighted by Gasteiger charge is 2.61. The van der Waals surface area contributed by atoms with Gasteiger partial charge < -0.3 is 14.3 Å². The van der Waals surface area contributed by atoms with E-state index < -0.39 is 77.4 Å². The highest BCUT2D eigenvalue weighted by molar-refractivity contribution is 5.88. The molecule has 214 valence electrons. The van der Waals surface area contributed by atoms with E-state index in [1.807, 2.05) is 0 Å². The van der Waals surface area contributed by atoms with Gasteiger partial charge in [0.05, 0.1) is 23.6 Å². The lowest BCUT2D eigenvalue weighted by Gasteiger charge is -2.32. The van der Waals surface area contributed by atoms with Crippen molar-refractivity contribution in [3.8, 4) is 11.6 Å². The van der Waals surface area contributed by atoms with Crippen molar-refractivity contribution in [1.29, 1.82) is 0 Å². The van der Waals surface area contributed by atoms with Crippen molar-refractivity contribution >= 4 is 11.8 Å². The van der Waals surface area contributed by atoms with Crippen LogP contribution in [0.15, 0.2) is 53.0 Å². The van der Waals surface area contributed by atoms with Crippen LogP contribution >= 0.6 is 0 Å². The van der Waals surface area contributed by atoms with Crippen LogP contribution in [0.2, 0.25) is 0 Å². The number of ether oxygens (including phenoxy) is 1. The number of nitrogens with one attached hydrogen (secondary N) is 1. The van der Waals surface area contributed by atoms with Gasteiger partial charge in [-0.2, -0.15) is 26.3 Å². The smallest absolute Gasteiger partial charge is 0.426 e. The minimum atomic E-state index is -5.05. The number of halogens is 6. The molecular weight excluding hydrogens is 546 g/mol. The van der Waals surface area contributed by atoms with Crippen molar-refractivity contribution in [2.75, 3.05) is 5.32 Å². The Morgan fingerprint density at radius 3 is 2.48 bits per heavy atom. The topological polar surface area (TPSA) is 110 Å². The number of fused-ring (bicyclic) bond motifs is 5. The Balaban J connectivity index is 1.91. The summed E-state index contributed by atoms with van der Waals surface area (Å²) in [5, 5.41) is 18.3. The molecule has 4 rings (SSSR count). The van der Waals surface area contributed by atoms with Gasteiger partial charge in [0, 0.05) is 0 Å². The van der Waals surface area contributed by atoms with E-state index in [4.69, 9.17) is 9.15 Å². The number of nitrogens with zero attached hydrogens (tertiary/aromatic N) is 3. The average Bonchev–Trinajstić information content (AvgIpc) is 3.36. The summed E-state index contributed by atoms with van der Waals surface area (Å²) in [6.45, 7) is 1.05. The van der Waals surface area contributed by atoms with Crippen LogP contribution in [0.25, 0.3) is 11.6 Å². The first-order valence-corrected chi connectivity index (χ1v) is 12.2. The molecule has 3 heterocycles. The molecule has 8 nitrogen and oxygen atoms in total. The van der Waals surface area contributed by atoms with Gasteiger partial charge in [-0.25, -0.2) is 9.78 Å². The van der Waals surface area contributed by atoms with Crippen molar-refractivity contribution < 1.29 is 45.4 Å². The van der Waals surface area contributed by atoms with Gasteiger partial charge in [-0.15, -0.1) is 10.2 Å². The number of hydrogen-bond acceptors (Lipinski definition) is 6. The zero-order chi connectivity index (χ0) is 29.1. The van der Waals surface area contributed by atoms with Gasteiger partial charge in [0.2, 0.25) is 5.60 Å². The maximum Gasteiger partial charge on any atom is 0.426 e. The largest absolute Gasteiger partial charge is 0.465 e. The third kappa shape index (κ3) is 6.11. The number of aromatic nitrogens is 3. The monoisotopic (exact) mass is 570 g/mol. The fourth-order valence-corrected chi connectivity index (χ4v) is 4.36. The number of alkyl halides is 6. The van der Waals surface area contributed by atoms with E-state index in [0.717, 1.165) is 0 Å². The molecular formula is C26H24F6N4O4. The maximum absolute atomic E-state index is 14.7. The minimum Gasteiger partial charge on any atom is -0.465 e. The van der Waals surface area contributed by atoms with Crippen molar-refractivity contribution in [3.05, 3.63) is 71.3 Å². The molecule has 2 aromatic heterocycles. The highest BCUT2D eigenvalue weighted by Crippen LogP contribution is 2.47. The molecule has 2 unspecified atom stereocenters. The van der Waals surface area contributed by atoms with Gasteiger partial charge in [-0.3, -0.25) is 5.32 Å². The third-order valence-electron chi connectivity index (χ3n) is 6.42. The molecule has 1 amide bonds. The first-order chi connectivity index (χ1) is 18.8. The van der Waals surface area contributed by atoms with Gasteiger partial charge in [0.25, 0.3) is 11.8 Å². The van der Waals surface area contributed by atoms with Gasteiger partial charge in [-0.1, -0.05) is 49.4 Å². The standard InChI is InChI=1S/C26H24F6N4O4/c1-15-9-5-2-3-8-12-24(26(30,31)32,39-14-16-10-6-4-7-11-16)22-36-35-21(40-22)20-18(33-23(37)38)13-17(19(15)34-20)25(27,28)29/h2-4,6-7,10-11,13,15,33H,5,8-9,12,14H2,1H3,(H,37,38). The van der Waals surface area contributed by atoms with Gasteiger partial charge >= 0.3 is 18.4 Å². The second-order valence-electron chi connectivity index (χ2n) is 9.25. The Bertz CT molecular complexity index is 1370. The average molecular weight is 570 g/mol. The summed E-state index contributed by atoms with van der Waals surface area (Å²) in [7, 11) is 0. The minimum absolute atomic E-state index is 0.121. The van der Waals surface area contributed by atoms with Crippen LogP contribution in [-0.2, 0) is 23.1 Å². The van der Waals surface area contributed by atoms with Crippen LogP contribution in [0.4, 0.5) is 36.8 Å². The molecule has 4 bridgehead atoms. The number of pyridine rings is 1. The SMILES string of the molecule is CC1CCC=CCCC(OCc2ccccc2)(C(F)(F)F)c2nnc(o2)-c2nc1c(C(F)(F)F)cc2NC(=O)O. The molecule has 0 radical (unpaired) electrons. The lowest BCUT2D eigenvalue weighted by molar-refractivity contribution is -0.299. The predicted octanol–water partition coefficient (Wildman–Crippen LogP) is 7.45. The Kier molecular flexibility index (Phi) is 8.19. The summed E-state index contributed by atoms with van der Waals surface area (Å²) in [6.07, 6.45) is -8.93. The first kappa shape index (κ1) is 29.1. The molecule has 0 saturated carbocycles. The molecule has 0 saturated heterocycles. The van der Waals surface area contributed by atoms with E-state index in [9.17, 15) is 36.2 Å². The Morgan fingerprint density at radius 1 is 1.12 bits per heavy atom. The molecule has 0 spiro atoms. The number of carboxylic acid groups (broad SMARTS) is 1. The van der Waals surface area contributed by atoms with E-state index >= 15 is 0 Å². The van der Waals surface area contributed by atoms with Crippen molar-refractivity contribution in [2.45, 2.75) is 63.1 Å². The van der Waals surface area contributed by atoms with Gasteiger partial charge in [0.15, 0.2) is 5.69 Å². The second kappa shape index (κ2) is 11.3. The van der Waals surface area contributed by atoms with Gasteiger partial charge in [-0.05, 0) is 43.2 Å². The van der Waals surface area contributed by atoms with Crippen LogP contribution in [0.5, 0.6) is 0 Å². The van der Waals surface area contributed by atoms with E-state index in [-0.39, 0.29) is 19.3 Å². The summed E-state index contributed by atoms with van der Waals surface area (Å²) >= 11 is 0. The van der Waals surface area contributed by atoms with Crippen molar-refractivity contribution in [3.63, 3.8) is 0 Å². The summed E-state index contributed by atoms with van der Waals surface area (Å²) in [6, 6.07) is 8.62. The Labute approximate surface area is 224 Å². The highest BCUT2D eigenvalue weighted by atomic mass is 19.4. The van der Waals surface area contributed by atoms with Crippen LogP contribution in [0.3, 0.4) is 0 Å². The number of rotatable bonds is 4. The Hall–Kier alpha value is -3.94. The summed E-state index contributed by atoms with van der Waals surface area (Å²) in [5.74, 6) is -2.45. The lowest BCUT2D eigenvalue weighted by Crippen LogP contribution is -2.45. The zero-order valence-corrected chi connectivity index (χ0v) is 21.0. The van der Waals surface area contributed by atoms with E-state index in [1.54, 1.807) is 41.7 Å². The van der Waals surface area contributed by atoms with Crippen LogP contribution in [0.1, 0.15) is 61.2 Å². The van der Waals surface area contributed by atoms with Crippen LogP contribution in [0, 0.1) is 0 Å². The second-order valence-corrected chi connectivity index (χ2v) is 9.25. The number of amides is 1. The number of carbonyl (C=O) groups is 1. The lowest BCUT2D eigenvalue weighted by atomic mass is 9.94. The van der Waals surface area contributed by atoms with Crippen LogP contribution in [-0.4, -0.2) is 32.6 Å². The number of hydrogen-bond donors (Lipinski definition) is 2. The first-order valence-electron chi connectivity index (χ1n) is 12.2. The molecule has 1 aliphatic heterocycles. The molecule has 0 fully saturated rings. The molecule has 1 aromatic carbocycles. The number of allylic oxidation sites excluding steroid dienone is 2. The molecule has 0 aliphatic carbocycles. The molecule has 2 atom stereocenters. The van der Waals surface area contributed by atoms with E-state index in [0.29, 0.717) is 11.6 Å². The molecule has 2 N–H and O–H groups in total. The summed E-state index contributed by atoms with van der Waals surface area (Å²) in [5.41, 5.74) is -5.49. The molecule has 14 heteroatoms. The van der Waals surface area contributed by atoms with E-state index in [1.165, 1.54) is 13.0 Å². The van der Waals surface area contributed by atoms with E-state index in [2.05, 4.69) is 15.2 Å². The zero-order valence-electron chi connectivity index (χ0n) is 21.0. The molecule has 3 aromatic rings. The van der Waals surface area contributed by atoms with Crippen molar-refractivity contribution in [2.24, 2.45) is 0 Å². The quantitative estimate of drug-likeness (QED) is 0.248.